The van der Waals surface area contributed by atoms with Crippen LogP contribution in [0, 0.1) is 0 Å². The summed E-state index contributed by atoms with van der Waals surface area (Å²) in [5.74, 6) is -5.47. The van der Waals surface area contributed by atoms with E-state index in [4.69, 9.17) is 20.0 Å². The molecule has 0 aromatic heterocycles. The molecule has 0 aromatic rings. The Kier molecular flexibility index (Phi) is 7.93. The molecule has 100 valence electrons. The molecule has 1 unspecified atom stereocenters. The summed E-state index contributed by atoms with van der Waals surface area (Å²) in [6.45, 7) is 0. The number of phosphoric acid groups is 1. The van der Waals surface area contributed by atoms with Gasteiger partial charge < -0.3 is 19.8 Å². The van der Waals surface area contributed by atoms with E-state index in [9.17, 15) is 24.1 Å². The maximum absolute atomic E-state index is 10.8. The number of carboxylic acid groups (broad SMARTS) is 2. The molecule has 0 saturated heterocycles. The van der Waals surface area contributed by atoms with Crippen molar-refractivity contribution >= 4 is 55.3 Å². The molecule has 0 heterocycles. The van der Waals surface area contributed by atoms with E-state index in [0.29, 0.717) is 0 Å². The van der Waals surface area contributed by atoms with Crippen LogP contribution in [0.4, 0.5) is 0 Å². The minimum atomic E-state index is -5.17. The zero-order valence-corrected chi connectivity index (χ0v) is 9.03. The van der Waals surface area contributed by atoms with Gasteiger partial charge in [-0.25, -0.2) is 9.36 Å². The molecule has 0 radical (unpaired) electrons. The Labute approximate surface area is 122 Å². The molecule has 5 N–H and O–H groups in total. The number of phosphoric ester groups is 1. The molecule has 0 saturated carbocycles. The first kappa shape index (κ1) is 19.9. The Bertz CT molecular complexity index is 388. The van der Waals surface area contributed by atoms with Gasteiger partial charge in [-0.2, -0.15) is 0 Å². The molecule has 0 amide bonds. The van der Waals surface area contributed by atoms with Gasteiger partial charge in [-0.15, -0.1) is 0 Å². The third kappa shape index (κ3) is 7.77. The van der Waals surface area contributed by atoms with Gasteiger partial charge in [0.2, 0.25) is 0 Å². The number of aliphatic hydroxyl groups is 1. The number of carbonyl (C=O) groups excluding carboxylic acids is 1. The monoisotopic (exact) mass is 296 g/mol. The van der Waals surface area contributed by atoms with Crippen LogP contribution in [0.3, 0.4) is 0 Å². The molecule has 10 nitrogen and oxygen atoms in total. The van der Waals surface area contributed by atoms with Crippen molar-refractivity contribution in [2.75, 3.05) is 0 Å². The third-order valence-corrected chi connectivity index (χ3v) is 1.94. The fourth-order valence-electron chi connectivity index (χ4n) is 0.868. The van der Waals surface area contributed by atoms with Crippen LogP contribution in [-0.2, 0) is 23.5 Å². The van der Waals surface area contributed by atoms with Gasteiger partial charge in [-0.3, -0.25) is 19.4 Å². The average molecular weight is 296 g/mol. The standard InChI is InChI=1S/C6H9O10P.Na.H/c7-3(8)1-6(12,5(10)11)2-4(9)16-17(13,14)15;;/h12H,1-2H2,(H,7,8)(H,10,11)(H2,13,14,15);;. The molecule has 1 atom stereocenters. The van der Waals surface area contributed by atoms with Gasteiger partial charge in [0.15, 0.2) is 5.60 Å². The predicted octanol–water partition coefficient (Wildman–Crippen LogP) is -2.35. The molecule has 0 aliphatic rings. The first-order valence-electron chi connectivity index (χ1n) is 3.92. The first-order chi connectivity index (χ1) is 7.46. The van der Waals surface area contributed by atoms with E-state index in [1.807, 2.05) is 0 Å². The molecule has 0 spiro atoms. The SMILES string of the molecule is O=C(O)CC(O)(CC(=O)OP(=O)(O)O)C(=O)O.[NaH]. The molecule has 0 aliphatic heterocycles. The number of hydrogen-bond donors (Lipinski definition) is 5. The van der Waals surface area contributed by atoms with Gasteiger partial charge in [-0.05, 0) is 0 Å². The van der Waals surface area contributed by atoms with Crippen LogP contribution < -0.4 is 0 Å². The quantitative estimate of drug-likeness (QED) is 0.263. The van der Waals surface area contributed by atoms with Crippen LogP contribution in [0.1, 0.15) is 12.8 Å². The fourth-order valence-corrected chi connectivity index (χ4v) is 1.20. The number of carbonyl (C=O) groups is 3. The minimum absolute atomic E-state index is 0. The zero-order chi connectivity index (χ0) is 13.9. The predicted molar refractivity (Wildman–Crippen MR) is 54.7 cm³/mol. The van der Waals surface area contributed by atoms with Crippen molar-refractivity contribution in [2.45, 2.75) is 18.4 Å². The summed E-state index contributed by atoms with van der Waals surface area (Å²) >= 11 is 0. The molecule has 0 bridgehead atoms. The van der Waals surface area contributed by atoms with Gasteiger partial charge >= 0.3 is 55.3 Å². The van der Waals surface area contributed by atoms with E-state index >= 15 is 0 Å². The van der Waals surface area contributed by atoms with Gasteiger partial charge in [0.1, 0.15) is 0 Å². The van der Waals surface area contributed by atoms with Gasteiger partial charge in [0, 0.05) is 0 Å². The van der Waals surface area contributed by atoms with Crippen LogP contribution >= 0.6 is 7.82 Å². The summed E-state index contributed by atoms with van der Waals surface area (Å²) in [6.07, 6.45) is -2.72. The molecular weight excluding hydrogens is 286 g/mol. The second kappa shape index (κ2) is 7.19. The van der Waals surface area contributed by atoms with Crippen molar-refractivity contribution in [3.63, 3.8) is 0 Å². The Morgan fingerprint density at radius 1 is 1.11 bits per heavy atom. The molecular formula is C6H10NaO10P. The Morgan fingerprint density at radius 2 is 1.56 bits per heavy atom. The van der Waals surface area contributed by atoms with E-state index in [-0.39, 0.29) is 29.6 Å². The van der Waals surface area contributed by atoms with Crippen LogP contribution in [0.2, 0.25) is 0 Å². The summed E-state index contributed by atoms with van der Waals surface area (Å²) in [7, 11) is -5.17. The molecule has 0 rings (SSSR count). The van der Waals surface area contributed by atoms with Gasteiger partial charge in [0.25, 0.3) is 0 Å². The van der Waals surface area contributed by atoms with Crippen molar-refractivity contribution in [2.24, 2.45) is 0 Å². The summed E-state index contributed by atoms with van der Waals surface area (Å²) in [5.41, 5.74) is -2.99. The zero-order valence-electron chi connectivity index (χ0n) is 8.14. The van der Waals surface area contributed by atoms with E-state index in [2.05, 4.69) is 4.52 Å². The van der Waals surface area contributed by atoms with Crippen LogP contribution in [0.15, 0.2) is 0 Å². The number of aliphatic carboxylic acids is 2. The van der Waals surface area contributed by atoms with Gasteiger partial charge in [-0.1, -0.05) is 0 Å². The molecule has 0 fully saturated rings. The van der Waals surface area contributed by atoms with E-state index in [1.165, 1.54) is 0 Å². The summed E-state index contributed by atoms with van der Waals surface area (Å²) in [4.78, 5) is 48.1. The topological polar surface area (TPSA) is 179 Å². The number of hydrogen-bond acceptors (Lipinski definition) is 6. The summed E-state index contributed by atoms with van der Waals surface area (Å²) < 4.78 is 13.7. The van der Waals surface area contributed by atoms with Crippen molar-refractivity contribution < 1.29 is 48.6 Å². The van der Waals surface area contributed by atoms with Crippen LogP contribution in [0.5, 0.6) is 0 Å². The first-order valence-corrected chi connectivity index (χ1v) is 5.45. The van der Waals surface area contributed by atoms with Crippen molar-refractivity contribution in [3.05, 3.63) is 0 Å². The molecule has 0 aliphatic carbocycles. The van der Waals surface area contributed by atoms with Gasteiger partial charge in [0.05, 0.1) is 12.8 Å². The second-order valence-electron chi connectivity index (χ2n) is 3.04. The van der Waals surface area contributed by atoms with Crippen molar-refractivity contribution in [1.82, 2.24) is 0 Å². The summed E-state index contributed by atoms with van der Waals surface area (Å²) in [6, 6.07) is 0. The van der Waals surface area contributed by atoms with E-state index in [0.717, 1.165) is 0 Å². The normalized spacial score (nSPS) is 13.9. The number of carboxylic acids is 2. The molecule has 18 heavy (non-hydrogen) atoms. The molecule has 0 aromatic carbocycles. The number of rotatable bonds is 6. The van der Waals surface area contributed by atoms with Crippen LogP contribution in [0.25, 0.3) is 0 Å². The van der Waals surface area contributed by atoms with Crippen LogP contribution in [-0.4, -0.2) is 78.2 Å². The maximum atomic E-state index is 10.8. The third-order valence-electron chi connectivity index (χ3n) is 1.50. The Hall–Kier alpha value is -0.480. The van der Waals surface area contributed by atoms with Crippen molar-refractivity contribution in [3.8, 4) is 0 Å². The Balaban J connectivity index is 0. The average Bonchev–Trinajstić information content (AvgIpc) is 1.96. The second-order valence-corrected chi connectivity index (χ2v) is 4.20. The van der Waals surface area contributed by atoms with E-state index in [1.54, 1.807) is 0 Å². The summed E-state index contributed by atoms with van der Waals surface area (Å²) in [5, 5.41) is 26.1. The Morgan fingerprint density at radius 3 is 1.83 bits per heavy atom. The van der Waals surface area contributed by atoms with Crippen molar-refractivity contribution in [1.29, 1.82) is 0 Å². The molecule has 12 heteroatoms. The van der Waals surface area contributed by atoms with E-state index < -0.39 is 44.2 Å². The fraction of sp³-hybridized carbons (Fsp3) is 0.500.